The van der Waals surface area contributed by atoms with Crippen LogP contribution in [0.3, 0.4) is 0 Å². The number of halogens is 1. The maximum atomic E-state index is 11.5. The van der Waals surface area contributed by atoms with Gasteiger partial charge in [0.15, 0.2) is 5.02 Å². The van der Waals surface area contributed by atoms with Crippen molar-refractivity contribution in [1.29, 1.82) is 0 Å². The molecule has 0 atom stereocenters. The lowest BCUT2D eigenvalue weighted by atomic mass is 10.2. The van der Waals surface area contributed by atoms with Crippen molar-refractivity contribution in [2.45, 2.75) is 0 Å². The van der Waals surface area contributed by atoms with Crippen LogP contribution in [0.15, 0.2) is 15.7 Å². The van der Waals surface area contributed by atoms with Gasteiger partial charge in [0, 0.05) is 6.07 Å². The van der Waals surface area contributed by atoms with Crippen molar-refractivity contribution in [2.75, 3.05) is 0 Å². The first-order chi connectivity index (χ1) is 8.82. The van der Waals surface area contributed by atoms with Crippen molar-refractivity contribution in [2.24, 2.45) is 0 Å². The van der Waals surface area contributed by atoms with Crippen LogP contribution in [-0.4, -0.2) is 19.8 Å². The molecular formula is C8H3ClN4O6. The summed E-state index contributed by atoms with van der Waals surface area (Å²) in [6.07, 6.45) is 0. The maximum Gasteiger partial charge on any atom is 0.326 e. The fraction of sp³-hybridized carbons (Fsp3) is 0. The lowest BCUT2D eigenvalue weighted by Gasteiger charge is -2.01. The third-order valence-corrected chi connectivity index (χ3v) is 2.68. The molecular weight excluding hydrogens is 284 g/mol. The highest BCUT2D eigenvalue weighted by Gasteiger charge is 2.29. The number of hydrogen-bond donors (Lipinski definition) is 2. The van der Waals surface area contributed by atoms with E-state index >= 15 is 0 Å². The monoisotopic (exact) mass is 286 g/mol. The zero-order chi connectivity index (χ0) is 14.3. The topological polar surface area (TPSA) is 152 Å². The van der Waals surface area contributed by atoms with E-state index in [2.05, 4.69) is 0 Å². The summed E-state index contributed by atoms with van der Waals surface area (Å²) in [6.45, 7) is 0. The van der Waals surface area contributed by atoms with Crippen molar-refractivity contribution in [3.63, 3.8) is 0 Å². The van der Waals surface area contributed by atoms with Gasteiger partial charge in [-0.15, -0.1) is 0 Å². The van der Waals surface area contributed by atoms with Gasteiger partial charge < -0.3 is 4.98 Å². The number of benzene rings is 1. The minimum Gasteiger partial charge on any atom is -0.301 e. The summed E-state index contributed by atoms with van der Waals surface area (Å²) in [5, 5.41) is 20.5. The van der Waals surface area contributed by atoms with Crippen LogP contribution in [0.1, 0.15) is 0 Å². The van der Waals surface area contributed by atoms with E-state index in [9.17, 15) is 29.8 Å². The Morgan fingerprint density at radius 1 is 1.11 bits per heavy atom. The van der Waals surface area contributed by atoms with E-state index in [0.29, 0.717) is 0 Å². The summed E-state index contributed by atoms with van der Waals surface area (Å²) in [7, 11) is 0. The maximum absolute atomic E-state index is 11.5. The van der Waals surface area contributed by atoms with Crippen LogP contribution in [0, 0.1) is 20.2 Å². The van der Waals surface area contributed by atoms with Gasteiger partial charge >= 0.3 is 11.4 Å². The molecule has 1 aromatic heterocycles. The van der Waals surface area contributed by atoms with Crippen molar-refractivity contribution >= 4 is 33.9 Å². The van der Waals surface area contributed by atoms with Crippen LogP contribution in [0.2, 0.25) is 5.02 Å². The van der Waals surface area contributed by atoms with Gasteiger partial charge in [-0.25, -0.2) is 4.79 Å². The number of H-pyrrole nitrogens is 2. The molecule has 98 valence electrons. The van der Waals surface area contributed by atoms with Crippen LogP contribution >= 0.6 is 11.6 Å². The average molecular weight is 287 g/mol. The number of fused-ring (bicyclic) bond motifs is 1. The normalized spacial score (nSPS) is 10.6. The molecule has 0 saturated heterocycles. The molecule has 2 aromatic rings. The van der Waals surface area contributed by atoms with Gasteiger partial charge in [0.1, 0.15) is 5.52 Å². The van der Waals surface area contributed by atoms with Crippen molar-refractivity contribution in [3.8, 4) is 0 Å². The zero-order valence-corrected chi connectivity index (χ0v) is 9.56. The lowest BCUT2D eigenvalue weighted by molar-refractivity contribution is -0.392. The van der Waals surface area contributed by atoms with E-state index in [4.69, 9.17) is 11.6 Å². The summed E-state index contributed by atoms with van der Waals surface area (Å²) >= 11 is 5.56. The number of rotatable bonds is 2. The molecule has 0 aliphatic rings. The van der Waals surface area contributed by atoms with Gasteiger partial charge in [-0.1, -0.05) is 11.6 Å². The van der Waals surface area contributed by atoms with Crippen LogP contribution in [0.5, 0.6) is 0 Å². The summed E-state index contributed by atoms with van der Waals surface area (Å²) in [4.78, 5) is 46.1. The molecule has 2 rings (SSSR count). The Labute approximate surface area is 106 Å². The Balaban J connectivity index is 3.14. The fourth-order valence-electron chi connectivity index (χ4n) is 1.56. The van der Waals surface area contributed by atoms with E-state index in [1.165, 1.54) is 0 Å². The van der Waals surface area contributed by atoms with Crippen molar-refractivity contribution in [1.82, 2.24) is 9.97 Å². The lowest BCUT2D eigenvalue weighted by Crippen LogP contribution is -2.22. The quantitative estimate of drug-likeness (QED) is 0.611. The fourth-order valence-corrected chi connectivity index (χ4v) is 1.84. The number of nitro benzene ring substituents is 2. The SMILES string of the molecule is O=c1[nH]c(=O)c2cc([N+](=O)[O-])c(Cl)c([N+](=O)[O-])c2[nH]1. The second-order valence-electron chi connectivity index (χ2n) is 3.40. The highest BCUT2D eigenvalue weighted by atomic mass is 35.5. The molecule has 0 radical (unpaired) electrons. The van der Waals surface area contributed by atoms with E-state index in [1.807, 2.05) is 9.97 Å². The third kappa shape index (κ3) is 1.93. The Bertz CT molecular complexity index is 837. The van der Waals surface area contributed by atoms with Crippen LogP contribution < -0.4 is 11.2 Å². The second-order valence-corrected chi connectivity index (χ2v) is 3.78. The molecule has 0 aliphatic carbocycles. The molecule has 2 N–H and O–H groups in total. The van der Waals surface area contributed by atoms with Crippen molar-refractivity contribution in [3.05, 3.63) is 52.2 Å². The van der Waals surface area contributed by atoms with E-state index < -0.39 is 48.4 Å². The first-order valence-electron chi connectivity index (χ1n) is 4.60. The number of nitrogens with zero attached hydrogens (tertiary/aromatic N) is 2. The highest BCUT2D eigenvalue weighted by Crippen LogP contribution is 2.37. The molecule has 0 fully saturated rings. The standard InChI is InChI=1S/C8H3ClN4O6/c9-4-3(12(16)17)1-2-5(6(4)13(18)19)10-8(15)11-7(2)14/h1H,(H2,10,11,14,15). The number of hydrogen-bond acceptors (Lipinski definition) is 6. The van der Waals surface area contributed by atoms with E-state index in [1.54, 1.807) is 0 Å². The average Bonchev–Trinajstić information content (AvgIpc) is 2.26. The van der Waals surface area contributed by atoms with E-state index in [-0.39, 0.29) is 0 Å². The minimum absolute atomic E-state index is 0.401. The predicted molar refractivity (Wildman–Crippen MR) is 63.5 cm³/mol. The molecule has 0 saturated carbocycles. The molecule has 1 aromatic carbocycles. The van der Waals surface area contributed by atoms with Crippen LogP contribution in [-0.2, 0) is 0 Å². The predicted octanol–water partition coefficient (Wildman–Crippen LogP) is 0.686. The molecule has 10 nitrogen and oxygen atoms in total. The van der Waals surface area contributed by atoms with E-state index in [0.717, 1.165) is 6.07 Å². The Kier molecular flexibility index (Phi) is 2.79. The van der Waals surface area contributed by atoms with Crippen molar-refractivity contribution < 1.29 is 9.85 Å². The van der Waals surface area contributed by atoms with Gasteiger partial charge in [0.2, 0.25) is 0 Å². The Morgan fingerprint density at radius 2 is 1.74 bits per heavy atom. The molecule has 0 amide bonds. The summed E-state index contributed by atoms with van der Waals surface area (Å²) in [5.41, 5.74) is -4.12. The van der Waals surface area contributed by atoms with Crippen LogP contribution in [0.4, 0.5) is 11.4 Å². The Morgan fingerprint density at radius 3 is 2.26 bits per heavy atom. The number of aromatic amines is 2. The first kappa shape index (κ1) is 12.7. The van der Waals surface area contributed by atoms with Gasteiger partial charge in [-0.05, 0) is 0 Å². The summed E-state index contributed by atoms with van der Waals surface area (Å²) < 4.78 is 0. The number of nitro groups is 2. The molecule has 0 bridgehead atoms. The van der Waals surface area contributed by atoms with Gasteiger partial charge in [0.05, 0.1) is 15.2 Å². The first-order valence-corrected chi connectivity index (χ1v) is 4.98. The van der Waals surface area contributed by atoms with Gasteiger partial charge in [-0.3, -0.25) is 30.0 Å². The van der Waals surface area contributed by atoms with Crippen LogP contribution in [0.25, 0.3) is 10.9 Å². The zero-order valence-electron chi connectivity index (χ0n) is 8.80. The molecule has 0 unspecified atom stereocenters. The summed E-state index contributed by atoms with van der Waals surface area (Å²) in [6, 6.07) is 0.763. The minimum atomic E-state index is -1.01. The second kappa shape index (κ2) is 4.17. The third-order valence-electron chi connectivity index (χ3n) is 2.31. The number of aromatic nitrogens is 2. The molecule has 11 heteroatoms. The molecule has 0 aliphatic heterocycles. The summed E-state index contributed by atoms with van der Waals surface area (Å²) in [5.74, 6) is 0. The highest BCUT2D eigenvalue weighted by molar-refractivity contribution is 6.36. The largest absolute Gasteiger partial charge is 0.326 e. The Hall–Kier alpha value is -2.75. The number of nitrogens with one attached hydrogen (secondary N) is 2. The molecule has 19 heavy (non-hydrogen) atoms. The van der Waals surface area contributed by atoms with Gasteiger partial charge in [-0.2, -0.15) is 0 Å². The smallest absolute Gasteiger partial charge is 0.301 e. The molecule has 1 heterocycles. The van der Waals surface area contributed by atoms with Gasteiger partial charge in [0.25, 0.3) is 11.2 Å². The molecule has 0 spiro atoms.